The molecule has 0 N–H and O–H groups in total. The lowest BCUT2D eigenvalue weighted by Gasteiger charge is -2.53. The van der Waals surface area contributed by atoms with E-state index in [4.69, 9.17) is 4.74 Å². The van der Waals surface area contributed by atoms with E-state index in [9.17, 15) is 4.79 Å². The van der Waals surface area contributed by atoms with Crippen LogP contribution in [0.4, 0.5) is 0 Å². The fraction of sp³-hybridized carbons (Fsp3) is 0.833. The smallest absolute Gasteiger partial charge is 0.312 e. The summed E-state index contributed by atoms with van der Waals surface area (Å²) in [6.07, 6.45) is 1.85. The summed E-state index contributed by atoms with van der Waals surface area (Å²) in [5.74, 6) is 0. The quantitative estimate of drug-likeness (QED) is 0.469. The molecule has 2 aliphatic rings. The molecule has 2 saturated heterocycles. The predicted octanol–water partition coefficient (Wildman–Crippen LogP) is -0.614. The Balaban J connectivity index is 1.88. The highest BCUT2D eigenvalue weighted by Crippen LogP contribution is 2.36. The van der Waals surface area contributed by atoms with Gasteiger partial charge in [-0.3, -0.25) is 4.79 Å². The molecule has 9 heavy (non-hydrogen) atoms. The van der Waals surface area contributed by atoms with E-state index < -0.39 is 0 Å². The van der Waals surface area contributed by atoms with Crippen LogP contribution in [0.15, 0.2) is 0 Å². The molecule has 0 unspecified atom stereocenters. The summed E-state index contributed by atoms with van der Waals surface area (Å²) in [5.41, 5.74) is 0.359. The number of carbonyl (C=O) groups excluding carboxylic acids is 1. The van der Waals surface area contributed by atoms with Gasteiger partial charge in [0, 0.05) is 13.1 Å². The van der Waals surface area contributed by atoms with E-state index in [0.29, 0.717) is 5.41 Å². The Morgan fingerprint density at radius 1 is 1.44 bits per heavy atom. The molecule has 1 spiro atoms. The van der Waals surface area contributed by atoms with Crippen LogP contribution in [0.3, 0.4) is 0 Å². The summed E-state index contributed by atoms with van der Waals surface area (Å²) in [4.78, 5) is 11.6. The maximum atomic E-state index is 9.98. The molecule has 2 heterocycles. The lowest BCUT2D eigenvalue weighted by Crippen LogP contribution is -2.65. The van der Waals surface area contributed by atoms with Gasteiger partial charge >= 0.3 is 6.41 Å². The third-order valence-electron chi connectivity index (χ3n) is 2.00. The van der Waals surface area contributed by atoms with E-state index in [1.165, 1.54) is 0 Å². The molecule has 0 aromatic heterocycles. The predicted molar refractivity (Wildman–Crippen MR) is 30.5 cm³/mol. The minimum absolute atomic E-state index is 0.359. The number of amides is 1. The molecule has 3 heteroatoms. The van der Waals surface area contributed by atoms with Crippen LogP contribution < -0.4 is 0 Å². The van der Waals surface area contributed by atoms with Crippen LogP contribution >= 0.6 is 0 Å². The first-order valence-electron chi connectivity index (χ1n) is 3.05. The molecule has 3 nitrogen and oxygen atoms in total. The maximum Gasteiger partial charge on any atom is 0.312 e. The average Bonchev–Trinajstić information content (AvgIpc) is 1.59. The Bertz CT molecular complexity index is 134. The molecule has 0 aliphatic carbocycles. The van der Waals surface area contributed by atoms with E-state index in [1.54, 1.807) is 4.90 Å². The summed E-state index contributed by atoms with van der Waals surface area (Å²) < 4.78 is 5.02. The van der Waals surface area contributed by atoms with Gasteiger partial charge in [0.05, 0.1) is 18.6 Å². The third kappa shape index (κ3) is 0.580. The first-order chi connectivity index (χ1) is 4.35. The lowest BCUT2D eigenvalue weighted by molar-refractivity contribution is -0.171. The van der Waals surface area contributed by atoms with Gasteiger partial charge in [-0.25, -0.2) is 0 Å². The topological polar surface area (TPSA) is 29.5 Å². The second kappa shape index (κ2) is 1.48. The summed E-state index contributed by atoms with van der Waals surface area (Å²) in [5, 5.41) is 0. The molecule has 0 bridgehead atoms. The fourth-order valence-electron chi connectivity index (χ4n) is 1.40. The Morgan fingerprint density at radius 3 is 2.44 bits per heavy atom. The van der Waals surface area contributed by atoms with Crippen LogP contribution in [-0.4, -0.2) is 37.6 Å². The maximum absolute atomic E-state index is 9.98. The molecular weight excluding hydrogens is 118 g/mol. The normalized spacial score (nSPS) is 29.1. The monoisotopic (exact) mass is 126 g/mol. The first kappa shape index (κ1) is 5.23. The van der Waals surface area contributed by atoms with Crippen LogP contribution in [0.1, 0.15) is 0 Å². The van der Waals surface area contributed by atoms with Crippen molar-refractivity contribution >= 4 is 6.41 Å². The molecular formula is C6H8NO2. The summed E-state index contributed by atoms with van der Waals surface area (Å²) in [6, 6.07) is 0. The van der Waals surface area contributed by atoms with Crippen LogP contribution in [0, 0.1) is 5.41 Å². The molecule has 1 amide bonds. The first-order valence-corrected chi connectivity index (χ1v) is 3.05. The molecule has 2 aliphatic heterocycles. The van der Waals surface area contributed by atoms with Gasteiger partial charge in [0.2, 0.25) is 0 Å². The van der Waals surface area contributed by atoms with E-state index >= 15 is 0 Å². The van der Waals surface area contributed by atoms with Gasteiger partial charge in [-0.15, -0.1) is 0 Å². The highest BCUT2D eigenvalue weighted by molar-refractivity contribution is 5.50. The summed E-state index contributed by atoms with van der Waals surface area (Å²) in [6.45, 7) is 3.39. The molecule has 2 fully saturated rings. The van der Waals surface area contributed by atoms with Gasteiger partial charge in [0.15, 0.2) is 0 Å². The standard InChI is InChI=1S/C6H8NO2/c8-5-7-1-6(2-7)3-9-4-6/h1-4H2. The van der Waals surface area contributed by atoms with E-state index in [-0.39, 0.29) is 0 Å². The van der Waals surface area contributed by atoms with Gasteiger partial charge in [-0.05, 0) is 0 Å². The minimum Gasteiger partial charge on any atom is -0.380 e. The fourth-order valence-corrected chi connectivity index (χ4v) is 1.40. The van der Waals surface area contributed by atoms with Crippen LogP contribution in [0.2, 0.25) is 0 Å². The number of likely N-dealkylation sites (tertiary alicyclic amines) is 1. The Morgan fingerprint density at radius 2 is 2.11 bits per heavy atom. The highest BCUT2D eigenvalue weighted by atomic mass is 16.5. The van der Waals surface area contributed by atoms with Crippen molar-refractivity contribution in [2.75, 3.05) is 26.3 Å². The van der Waals surface area contributed by atoms with Crippen LogP contribution in [-0.2, 0) is 9.53 Å². The largest absolute Gasteiger partial charge is 0.380 e. The molecule has 0 atom stereocenters. The van der Waals surface area contributed by atoms with Gasteiger partial charge in [-0.2, -0.15) is 0 Å². The number of nitrogens with zero attached hydrogens (tertiary/aromatic N) is 1. The van der Waals surface area contributed by atoms with Gasteiger partial charge < -0.3 is 9.64 Å². The molecule has 0 aromatic carbocycles. The van der Waals surface area contributed by atoms with Crippen molar-refractivity contribution < 1.29 is 9.53 Å². The summed E-state index contributed by atoms with van der Waals surface area (Å²) >= 11 is 0. The lowest BCUT2D eigenvalue weighted by atomic mass is 9.78. The number of hydrogen-bond donors (Lipinski definition) is 0. The molecule has 0 aromatic rings. The van der Waals surface area contributed by atoms with Crippen molar-refractivity contribution in [2.24, 2.45) is 5.41 Å². The number of hydrogen-bond acceptors (Lipinski definition) is 2. The second-order valence-corrected chi connectivity index (χ2v) is 2.94. The van der Waals surface area contributed by atoms with Crippen molar-refractivity contribution in [1.82, 2.24) is 4.90 Å². The average molecular weight is 126 g/mol. The number of ether oxygens (including phenoxy) is 1. The van der Waals surface area contributed by atoms with E-state index in [0.717, 1.165) is 26.3 Å². The Labute approximate surface area is 53.6 Å². The third-order valence-corrected chi connectivity index (χ3v) is 2.00. The minimum atomic E-state index is 0.359. The van der Waals surface area contributed by atoms with E-state index in [2.05, 4.69) is 0 Å². The molecule has 2 rings (SSSR count). The van der Waals surface area contributed by atoms with Gasteiger partial charge in [0.1, 0.15) is 0 Å². The van der Waals surface area contributed by atoms with Crippen molar-refractivity contribution in [3.63, 3.8) is 0 Å². The van der Waals surface area contributed by atoms with Crippen molar-refractivity contribution in [2.45, 2.75) is 0 Å². The second-order valence-electron chi connectivity index (χ2n) is 2.94. The van der Waals surface area contributed by atoms with Crippen LogP contribution in [0.5, 0.6) is 0 Å². The molecule has 1 radical (unpaired) electrons. The van der Waals surface area contributed by atoms with E-state index in [1.807, 2.05) is 6.41 Å². The van der Waals surface area contributed by atoms with Gasteiger partial charge in [-0.1, -0.05) is 0 Å². The Hall–Kier alpha value is -0.570. The highest BCUT2D eigenvalue weighted by Gasteiger charge is 2.48. The zero-order chi connectivity index (χ0) is 6.32. The van der Waals surface area contributed by atoms with Gasteiger partial charge in [0.25, 0.3) is 0 Å². The number of rotatable bonds is 1. The molecule has 0 saturated carbocycles. The van der Waals surface area contributed by atoms with Crippen molar-refractivity contribution in [3.05, 3.63) is 0 Å². The zero-order valence-electron chi connectivity index (χ0n) is 5.09. The van der Waals surface area contributed by atoms with Crippen molar-refractivity contribution in [1.29, 1.82) is 0 Å². The van der Waals surface area contributed by atoms with Crippen LogP contribution in [0.25, 0.3) is 0 Å². The SMILES string of the molecule is O=[C]N1CC2(COC2)C1. The Kier molecular flexibility index (Phi) is 0.858. The molecule has 49 valence electrons. The zero-order valence-corrected chi connectivity index (χ0v) is 5.09. The van der Waals surface area contributed by atoms with Crippen molar-refractivity contribution in [3.8, 4) is 0 Å². The summed E-state index contributed by atoms with van der Waals surface area (Å²) in [7, 11) is 0.